The van der Waals surface area contributed by atoms with E-state index in [4.69, 9.17) is 5.73 Å². The molecule has 98 valence electrons. The molecule has 1 amide bonds. The molecular formula is C16H18N2O. The van der Waals surface area contributed by atoms with E-state index in [9.17, 15) is 4.79 Å². The molecule has 0 aromatic heterocycles. The number of nitrogens with two attached hydrogens (primary N) is 1. The fraction of sp³-hybridized carbons (Fsp3) is 0.312. The van der Waals surface area contributed by atoms with Gasteiger partial charge in [-0.05, 0) is 42.2 Å². The van der Waals surface area contributed by atoms with E-state index in [0.29, 0.717) is 11.3 Å². The standard InChI is InChI=1S/C16H18N2O/c17-15-11-13-7-3-2-6-12(13)10-14(15)16(19)18-8-4-1-5-9-18/h2-3,6-7,10-11H,1,4-5,8-9,17H2. The van der Waals surface area contributed by atoms with Crippen molar-refractivity contribution in [3.63, 3.8) is 0 Å². The first-order chi connectivity index (χ1) is 9.25. The highest BCUT2D eigenvalue weighted by atomic mass is 16.2. The van der Waals surface area contributed by atoms with Gasteiger partial charge < -0.3 is 10.6 Å². The molecule has 2 aromatic carbocycles. The molecule has 0 radical (unpaired) electrons. The number of carbonyl (C=O) groups is 1. The summed E-state index contributed by atoms with van der Waals surface area (Å²) in [6.45, 7) is 1.70. The second kappa shape index (κ2) is 4.92. The van der Waals surface area contributed by atoms with Crippen molar-refractivity contribution in [2.75, 3.05) is 18.8 Å². The van der Waals surface area contributed by atoms with Crippen LogP contribution in [0.5, 0.6) is 0 Å². The van der Waals surface area contributed by atoms with Gasteiger partial charge in [0.1, 0.15) is 0 Å². The Labute approximate surface area is 113 Å². The highest BCUT2D eigenvalue weighted by molar-refractivity contribution is 6.03. The summed E-state index contributed by atoms with van der Waals surface area (Å²) in [5, 5.41) is 2.15. The minimum atomic E-state index is 0.0722. The Morgan fingerprint density at radius 2 is 1.63 bits per heavy atom. The van der Waals surface area contributed by atoms with Crippen molar-refractivity contribution in [2.24, 2.45) is 0 Å². The van der Waals surface area contributed by atoms with Gasteiger partial charge >= 0.3 is 0 Å². The van der Waals surface area contributed by atoms with Crippen LogP contribution in [-0.4, -0.2) is 23.9 Å². The third kappa shape index (κ3) is 2.28. The molecule has 1 fully saturated rings. The highest BCUT2D eigenvalue weighted by Gasteiger charge is 2.20. The quantitative estimate of drug-likeness (QED) is 0.795. The second-order valence-electron chi connectivity index (χ2n) is 5.14. The average Bonchev–Trinajstić information content (AvgIpc) is 2.47. The molecule has 1 heterocycles. The molecule has 3 nitrogen and oxygen atoms in total. The number of nitrogen functional groups attached to an aromatic ring is 1. The molecule has 1 aliphatic rings. The molecule has 1 saturated heterocycles. The lowest BCUT2D eigenvalue weighted by Gasteiger charge is -2.27. The van der Waals surface area contributed by atoms with Crippen LogP contribution in [-0.2, 0) is 0 Å². The van der Waals surface area contributed by atoms with E-state index in [1.807, 2.05) is 41.3 Å². The number of hydrogen-bond donors (Lipinski definition) is 1. The number of hydrogen-bond acceptors (Lipinski definition) is 2. The molecule has 0 aliphatic carbocycles. The first kappa shape index (κ1) is 12.0. The Hall–Kier alpha value is -2.03. The highest BCUT2D eigenvalue weighted by Crippen LogP contribution is 2.24. The monoisotopic (exact) mass is 254 g/mol. The number of benzene rings is 2. The number of amides is 1. The van der Waals surface area contributed by atoms with E-state index < -0.39 is 0 Å². The van der Waals surface area contributed by atoms with Crippen LogP contribution in [0.3, 0.4) is 0 Å². The summed E-state index contributed by atoms with van der Waals surface area (Å²) in [6, 6.07) is 11.8. The normalized spacial score (nSPS) is 15.7. The van der Waals surface area contributed by atoms with Gasteiger partial charge in [0.2, 0.25) is 0 Å². The number of anilines is 1. The van der Waals surface area contributed by atoms with Crippen molar-refractivity contribution in [2.45, 2.75) is 19.3 Å². The van der Waals surface area contributed by atoms with Crippen LogP contribution in [0.4, 0.5) is 5.69 Å². The van der Waals surface area contributed by atoms with Crippen molar-refractivity contribution in [3.8, 4) is 0 Å². The van der Waals surface area contributed by atoms with E-state index >= 15 is 0 Å². The molecule has 2 N–H and O–H groups in total. The zero-order chi connectivity index (χ0) is 13.2. The van der Waals surface area contributed by atoms with Gasteiger partial charge in [0.15, 0.2) is 0 Å². The van der Waals surface area contributed by atoms with Crippen molar-refractivity contribution >= 4 is 22.4 Å². The smallest absolute Gasteiger partial charge is 0.255 e. The predicted octanol–water partition coefficient (Wildman–Crippen LogP) is 3.05. The lowest BCUT2D eigenvalue weighted by atomic mass is 10.0. The van der Waals surface area contributed by atoms with Crippen LogP contribution in [0.15, 0.2) is 36.4 Å². The number of piperidine rings is 1. The van der Waals surface area contributed by atoms with Gasteiger partial charge in [0.25, 0.3) is 5.91 Å². The SMILES string of the molecule is Nc1cc2ccccc2cc1C(=O)N1CCCCC1. The van der Waals surface area contributed by atoms with Gasteiger partial charge in [-0.1, -0.05) is 24.3 Å². The average molecular weight is 254 g/mol. The van der Waals surface area contributed by atoms with Gasteiger partial charge in [-0.2, -0.15) is 0 Å². The first-order valence-corrected chi connectivity index (χ1v) is 6.83. The van der Waals surface area contributed by atoms with Crippen molar-refractivity contribution < 1.29 is 4.79 Å². The fourth-order valence-corrected chi connectivity index (χ4v) is 2.71. The zero-order valence-electron chi connectivity index (χ0n) is 10.9. The number of fused-ring (bicyclic) bond motifs is 1. The van der Waals surface area contributed by atoms with Crippen molar-refractivity contribution in [1.29, 1.82) is 0 Å². The molecule has 0 spiro atoms. The minimum Gasteiger partial charge on any atom is -0.398 e. The molecule has 3 heteroatoms. The maximum absolute atomic E-state index is 12.5. The zero-order valence-corrected chi connectivity index (χ0v) is 10.9. The Morgan fingerprint density at radius 3 is 2.32 bits per heavy atom. The topological polar surface area (TPSA) is 46.3 Å². The summed E-state index contributed by atoms with van der Waals surface area (Å²) in [5.74, 6) is 0.0722. The molecule has 19 heavy (non-hydrogen) atoms. The largest absolute Gasteiger partial charge is 0.398 e. The van der Waals surface area contributed by atoms with E-state index in [1.54, 1.807) is 0 Å². The molecule has 3 rings (SSSR count). The number of rotatable bonds is 1. The molecule has 0 unspecified atom stereocenters. The lowest BCUT2D eigenvalue weighted by molar-refractivity contribution is 0.0725. The Morgan fingerprint density at radius 1 is 1.00 bits per heavy atom. The third-order valence-electron chi connectivity index (χ3n) is 3.79. The van der Waals surface area contributed by atoms with E-state index in [2.05, 4.69) is 0 Å². The van der Waals surface area contributed by atoms with Crippen LogP contribution in [0.1, 0.15) is 29.6 Å². The number of nitrogens with zero attached hydrogens (tertiary/aromatic N) is 1. The number of carbonyl (C=O) groups excluding carboxylic acids is 1. The Bertz CT molecular complexity index is 615. The van der Waals surface area contributed by atoms with Gasteiger partial charge in [-0.25, -0.2) is 0 Å². The van der Waals surface area contributed by atoms with E-state index in [0.717, 1.165) is 36.7 Å². The summed E-state index contributed by atoms with van der Waals surface area (Å²) in [7, 11) is 0. The Balaban J connectivity index is 1.99. The van der Waals surface area contributed by atoms with Crippen LogP contribution in [0.25, 0.3) is 10.8 Å². The van der Waals surface area contributed by atoms with Crippen LogP contribution >= 0.6 is 0 Å². The maximum Gasteiger partial charge on any atom is 0.255 e. The van der Waals surface area contributed by atoms with Gasteiger partial charge in [-0.3, -0.25) is 4.79 Å². The second-order valence-corrected chi connectivity index (χ2v) is 5.14. The third-order valence-corrected chi connectivity index (χ3v) is 3.79. The number of likely N-dealkylation sites (tertiary alicyclic amines) is 1. The summed E-state index contributed by atoms with van der Waals surface area (Å²) in [5.41, 5.74) is 7.26. The van der Waals surface area contributed by atoms with E-state index in [1.165, 1.54) is 6.42 Å². The molecular weight excluding hydrogens is 236 g/mol. The van der Waals surface area contributed by atoms with Crippen molar-refractivity contribution in [3.05, 3.63) is 42.0 Å². The predicted molar refractivity (Wildman–Crippen MR) is 78.1 cm³/mol. The van der Waals surface area contributed by atoms with Gasteiger partial charge in [-0.15, -0.1) is 0 Å². The Kier molecular flexibility index (Phi) is 3.11. The minimum absolute atomic E-state index is 0.0722. The van der Waals surface area contributed by atoms with Gasteiger partial charge in [0.05, 0.1) is 5.56 Å². The van der Waals surface area contributed by atoms with Crippen LogP contribution < -0.4 is 5.73 Å². The summed E-state index contributed by atoms with van der Waals surface area (Å²) < 4.78 is 0. The molecule has 2 aromatic rings. The lowest BCUT2D eigenvalue weighted by Crippen LogP contribution is -2.35. The molecule has 0 atom stereocenters. The molecule has 0 bridgehead atoms. The van der Waals surface area contributed by atoms with Crippen LogP contribution in [0.2, 0.25) is 0 Å². The van der Waals surface area contributed by atoms with E-state index in [-0.39, 0.29) is 5.91 Å². The first-order valence-electron chi connectivity index (χ1n) is 6.83. The van der Waals surface area contributed by atoms with Crippen LogP contribution in [0, 0.1) is 0 Å². The summed E-state index contributed by atoms with van der Waals surface area (Å²) in [6.07, 6.45) is 3.41. The maximum atomic E-state index is 12.5. The fourth-order valence-electron chi connectivity index (χ4n) is 2.71. The summed E-state index contributed by atoms with van der Waals surface area (Å²) >= 11 is 0. The summed E-state index contributed by atoms with van der Waals surface area (Å²) in [4.78, 5) is 14.4. The molecule has 0 saturated carbocycles. The molecule has 1 aliphatic heterocycles. The van der Waals surface area contributed by atoms with Gasteiger partial charge in [0, 0.05) is 18.8 Å². The van der Waals surface area contributed by atoms with Crippen molar-refractivity contribution in [1.82, 2.24) is 4.90 Å².